The summed E-state index contributed by atoms with van der Waals surface area (Å²) in [6.07, 6.45) is 5.22. The normalized spacial score (nSPS) is 11.0. The van der Waals surface area contributed by atoms with Gasteiger partial charge in [-0.3, -0.25) is 4.79 Å². The molecule has 5 nitrogen and oxygen atoms in total. The van der Waals surface area contributed by atoms with Crippen LogP contribution in [0.3, 0.4) is 0 Å². The van der Waals surface area contributed by atoms with Crippen LogP contribution in [0.15, 0.2) is 60.7 Å². The van der Waals surface area contributed by atoms with Gasteiger partial charge in [0.1, 0.15) is 11.5 Å². The Hall–Kier alpha value is -3.18. The van der Waals surface area contributed by atoms with Gasteiger partial charge < -0.3 is 9.30 Å². The van der Waals surface area contributed by atoms with E-state index in [4.69, 9.17) is 16.3 Å². The van der Waals surface area contributed by atoms with Crippen LogP contribution in [0.4, 0.5) is 0 Å². The lowest BCUT2D eigenvalue weighted by molar-refractivity contribution is 0.0601. The second-order valence-corrected chi connectivity index (χ2v) is 6.77. The van der Waals surface area contributed by atoms with Crippen LogP contribution in [0.2, 0.25) is 5.15 Å². The van der Waals surface area contributed by atoms with Gasteiger partial charge in [0, 0.05) is 13.0 Å². The van der Waals surface area contributed by atoms with Gasteiger partial charge >= 0.3 is 5.97 Å². The Bertz CT molecular complexity index is 1050. The lowest BCUT2D eigenvalue weighted by Gasteiger charge is -2.11. The van der Waals surface area contributed by atoms with E-state index in [1.165, 1.54) is 7.11 Å². The molecule has 0 fully saturated rings. The van der Waals surface area contributed by atoms with Crippen molar-refractivity contribution in [1.82, 2.24) is 9.55 Å². The Morgan fingerprint density at radius 2 is 1.90 bits per heavy atom. The maximum atomic E-state index is 12.0. The zero-order chi connectivity index (χ0) is 20.8. The van der Waals surface area contributed by atoms with Crippen molar-refractivity contribution in [3.8, 4) is 11.1 Å². The first kappa shape index (κ1) is 20.6. The third-order valence-corrected chi connectivity index (χ3v) is 4.90. The van der Waals surface area contributed by atoms with Crippen LogP contribution in [0.5, 0.6) is 0 Å². The number of rotatable bonds is 7. The van der Waals surface area contributed by atoms with Crippen LogP contribution in [0.1, 0.15) is 39.2 Å². The lowest BCUT2D eigenvalue weighted by Crippen LogP contribution is -2.08. The number of hydrogen-bond donors (Lipinski definition) is 0. The van der Waals surface area contributed by atoms with E-state index in [0.29, 0.717) is 24.2 Å². The molecule has 0 atom stereocenters. The monoisotopic (exact) mass is 408 g/mol. The molecule has 148 valence electrons. The fourth-order valence-electron chi connectivity index (χ4n) is 3.14. The Morgan fingerprint density at radius 1 is 1.17 bits per heavy atom. The molecule has 1 heterocycles. The Balaban J connectivity index is 1.92. The van der Waals surface area contributed by atoms with Crippen molar-refractivity contribution in [2.45, 2.75) is 19.9 Å². The van der Waals surface area contributed by atoms with Crippen molar-refractivity contribution in [3.05, 3.63) is 88.5 Å². The van der Waals surface area contributed by atoms with E-state index in [-0.39, 0.29) is 11.1 Å². The van der Waals surface area contributed by atoms with E-state index in [9.17, 15) is 9.59 Å². The zero-order valence-corrected chi connectivity index (χ0v) is 17.0. The molecule has 0 aliphatic rings. The van der Waals surface area contributed by atoms with Crippen LogP contribution in [-0.4, -0.2) is 28.9 Å². The van der Waals surface area contributed by atoms with Crippen molar-refractivity contribution in [2.24, 2.45) is 0 Å². The van der Waals surface area contributed by atoms with Crippen LogP contribution in [-0.2, 0) is 17.7 Å². The highest BCUT2D eigenvalue weighted by Gasteiger charge is 2.16. The number of aromatic nitrogens is 2. The average Bonchev–Trinajstić information content (AvgIpc) is 3.06. The molecule has 1 aromatic heterocycles. The first-order chi connectivity index (χ1) is 14.1. The number of benzene rings is 2. The summed E-state index contributed by atoms with van der Waals surface area (Å²) >= 11 is 6.13. The van der Waals surface area contributed by atoms with Crippen LogP contribution in [0.25, 0.3) is 11.1 Å². The molecule has 0 amide bonds. The number of carbonyl (C=O) groups is 2. The summed E-state index contributed by atoms with van der Waals surface area (Å²) in [7, 11) is 1.37. The predicted molar refractivity (Wildman–Crippen MR) is 113 cm³/mol. The van der Waals surface area contributed by atoms with Gasteiger partial charge in [0.05, 0.1) is 12.7 Å². The van der Waals surface area contributed by atoms with Gasteiger partial charge in [-0.2, -0.15) is 0 Å². The minimum Gasteiger partial charge on any atom is -0.465 e. The predicted octanol–water partition coefficient (Wildman–Crippen LogP) is 4.97. The molecule has 6 heteroatoms. The number of esters is 1. The fourth-order valence-corrected chi connectivity index (χ4v) is 3.39. The number of methoxy groups -OCH3 is 1. The smallest absolute Gasteiger partial charge is 0.338 e. The molecule has 3 rings (SSSR count). The SMILES string of the molecule is CC=CCc1nc(Cl)c(C=O)n1Cc1ccc(-c2ccccc2C(=O)OC)cc1. The van der Waals surface area contributed by atoms with Crippen LogP contribution in [0, 0.1) is 0 Å². The molecule has 3 aromatic rings. The average molecular weight is 409 g/mol. The maximum Gasteiger partial charge on any atom is 0.338 e. The molecular formula is C23H21ClN2O3. The highest BCUT2D eigenvalue weighted by Crippen LogP contribution is 2.25. The number of carbonyl (C=O) groups excluding carboxylic acids is 2. The van der Waals surface area contributed by atoms with Gasteiger partial charge in [-0.25, -0.2) is 9.78 Å². The third kappa shape index (κ3) is 4.46. The second-order valence-electron chi connectivity index (χ2n) is 6.42. The van der Waals surface area contributed by atoms with Gasteiger partial charge in [0.15, 0.2) is 11.4 Å². The van der Waals surface area contributed by atoms with Gasteiger partial charge in [-0.15, -0.1) is 0 Å². The Morgan fingerprint density at radius 3 is 2.55 bits per heavy atom. The molecular weight excluding hydrogens is 388 g/mol. The van der Waals surface area contributed by atoms with Crippen LogP contribution < -0.4 is 0 Å². The zero-order valence-electron chi connectivity index (χ0n) is 16.3. The minimum atomic E-state index is -0.373. The van der Waals surface area contributed by atoms with Crippen molar-refractivity contribution >= 4 is 23.9 Å². The second kappa shape index (κ2) is 9.34. The molecule has 0 radical (unpaired) electrons. The first-order valence-electron chi connectivity index (χ1n) is 9.17. The highest BCUT2D eigenvalue weighted by molar-refractivity contribution is 6.31. The van der Waals surface area contributed by atoms with Crippen molar-refractivity contribution < 1.29 is 14.3 Å². The summed E-state index contributed by atoms with van der Waals surface area (Å²) in [5.74, 6) is 0.359. The molecule has 29 heavy (non-hydrogen) atoms. The number of ether oxygens (including phenoxy) is 1. The molecule has 0 saturated heterocycles. The first-order valence-corrected chi connectivity index (χ1v) is 9.54. The Kier molecular flexibility index (Phi) is 6.62. The number of allylic oxidation sites excluding steroid dienone is 2. The third-order valence-electron chi connectivity index (χ3n) is 4.63. The molecule has 0 aliphatic heterocycles. The largest absolute Gasteiger partial charge is 0.465 e. The van der Waals surface area contributed by atoms with Crippen molar-refractivity contribution in [1.29, 1.82) is 0 Å². The van der Waals surface area contributed by atoms with E-state index in [2.05, 4.69) is 4.98 Å². The maximum absolute atomic E-state index is 12.0. The molecule has 0 bridgehead atoms. The number of aldehydes is 1. The van der Waals surface area contributed by atoms with E-state index in [0.717, 1.165) is 28.8 Å². The Labute approximate surface area is 174 Å². The van der Waals surface area contributed by atoms with Crippen molar-refractivity contribution in [2.75, 3.05) is 7.11 Å². The number of hydrogen-bond acceptors (Lipinski definition) is 4. The van der Waals surface area contributed by atoms with E-state index < -0.39 is 0 Å². The number of imidazole rings is 1. The highest BCUT2D eigenvalue weighted by atomic mass is 35.5. The minimum absolute atomic E-state index is 0.211. The van der Waals surface area contributed by atoms with Crippen molar-refractivity contribution in [3.63, 3.8) is 0 Å². The number of nitrogens with zero attached hydrogens (tertiary/aromatic N) is 2. The molecule has 0 aliphatic carbocycles. The molecule has 0 unspecified atom stereocenters. The topological polar surface area (TPSA) is 61.2 Å². The van der Waals surface area contributed by atoms with Crippen LogP contribution >= 0.6 is 11.6 Å². The van der Waals surface area contributed by atoms with E-state index in [1.54, 1.807) is 12.1 Å². The molecule has 0 N–H and O–H groups in total. The standard InChI is InChI=1S/C23H21ClN2O3/c1-3-4-9-21-25-22(24)20(15-27)26(21)14-16-10-12-17(13-11-16)18-7-5-6-8-19(18)23(28)29-2/h3-8,10-13,15H,9,14H2,1-2H3. The fraction of sp³-hybridized carbons (Fsp3) is 0.174. The van der Waals surface area contributed by atoms with Gasteiger partial charge in [-0.1, -0.05) is 66.2 Å². The molecule has 0 saturated carbocycles. The number of halogens is 1. The lowest BCUT2D eigenvalue weighted by atomic mass is 9.98. The summed E-state index contributed by atoms with van der Waals surface area (Å²) in [4.78, 5) is 27.8. The summed E-state index contributed by atoms with van der Waals surface area (Å²) in [5, 5.41) is 0.211. The van der Waals surface area contributed by atoms with Gasteiger partial charge in [-0.05, 0) is 29.7 Å². The molecule has 0 spiro atoms. The summed E-state index contributed by atoms with van der Waals surface area (Å²) in [6.45, 7) is 2.40. The quantitative estimate of drug-likeness (QED) is 0.314. The molecule has 2 aromatic carbocycles. The summed E-state index contributed by atoms with van der Waals surface area (Å²) < 4.78 is 6.70. The summed E-state index contributed by atoms with van der Waals surface area (Å²) in [6, 6.07) is 15.1. The van der Waals surface area contributed by atoms with E-state index in [1.807, 2.05) is 60.0 Å². The van der Waals surface area contributed by atoms with Gasteiger partial charge in [0.25, 0.3) is 0 Å². The van der Waals surface area contributed by atoms with E-state index >= 15 is 0 Å². The van der Waals surface area contributed by atoms with Gasteiger partial charge in [0.2, 0.25) is 0 Å². The summed E-state index contributed by atoms with van der Waals surface area (Å²) in [5.41, 5.74) is 3.58.